The summed E-state index contributed by atoms with van der Waals surface area (Å²) in [4.78, 5) is 28.9. The highest BCUT2D eigenvalue weighted by Gasteiger charge is 2.27. The van der Waals surface area contributed by atoms with Crippen LogP contribution in [0, 0.1) is 5.92 Å². The van der Waals surface area contributed by atoms with Crippen molar-refractivity contribution in [3.63, 3.8) is 0 Å². The van der Waals surface area contributed by atoms with Gasteiger partial charge >= 0.3 is 0 Å². The number of H-pyrrole nitrogens is 1. The minimum atomic E-state index is -0.558. The van der Waals surface area contributed by atoms with E-state index in [1.807, 2.05) is 19.3 Å². The number of aromatic amines is 1. The summed E-state index contributed by atoms with van der Waals surface area (Å²) >= 11 is 0. The second kappa shape index (κ2) is 9.94. The molecule has 9 nitrogen and oxygen atoms in total. The Kier molecular flexibility index (Phi) is 7.46. The Hall–Kier alpha value is -2.88. The Bertz CT molecular complexity index is 1210. The van der Waals surface area contributed by atoms with Crippen molar-refractivity contribution in [1.29, 1.82) is 0 Å². The van der Waals surface area contributed by atoms with Crippen LogP contribution in [0.15, 0.2) is 29.6 Å². The maximum atomic E-state index is 12.8. The molecular formula is C22H27Cl2N7O2. The number of hydrazone groups is 1. The van der Waals surface area contributed by atoms with Crippen LogP contribution >= 0.6 is 24.8 Å². The summed E-state index contributed by atoms with van der Waals surface area (Å²) in [5, 5.41) is 12.0. The first-order chi connectivity index (χ1) is 15.0. The van der Waals surface area contributed by atoms with Gasteiger partial charge in [-0.1, -0.05) is 19.3 Å². The average molecular weight is 492 g/mol. The summed E-state index contributed by atoms with van der Waals surface area (Å²) in [6.07, 6.45) is 10.7. The van der Waals surface area contributed by atoms with Gasteiger partial charge in [-0.2, -0.15) is 10.2 Å². The molecule has 5 rings (SSSR count). The summed E-state index contributed by atoms with van der Waals surface area (Å²) in [6, 6.07) is 2.96. The zero-order chi connectivity index (χ0) is 21.5. The molecule has 0 spiro atoms. The van der Waals surface area contributed by atoms with E-state index in [1.54, 1.807) is 23.2 Å². The molecule has 0 radical (unpaired) electrons. The standard InChI is InChI=1S/C22H25N7O2.2ClH/c1-29-11-13(9-25-29)20-16-10-24-28-21(30)15-7-14(8-17(27-20)18(15)16)26-22(31)19(23)12-5-3-2-4-6-12;;/h7-12,19,27H,2-6,23H2,1H3,(H,26,31)(H,28,30);2*1H/t19-;;/m1../s1. The SMILES string of the molecule is Cl.Cl.Cn1cc(-c2[nH]c3cc(NC(=O)[C@H](N)C4CCCCC4)cc4c3c2C=NNC4=O)cn1. The quantitative estimate of drug-likeness (QED) is 0.445. The van der Waals surface area contributed by atoms with Gasteiger partial charge in [-0.15, -0.1) is 24.8 Å². The molecule has 1 fully saturated rings. The third-order valence-corrected chi connectivity index (χ3v) is 6.26. The first-order valence-electron chi connectivity index (χ1n) is 10.6. The second-order valence-electron chi connectivity index (χ2n) is 8.37. The number of aryl methyl sites for hydroxylation is 1. The number of hydrogen-bond acceptors (Lipinski definition) is 5. The van der Waals surface area contributed by atoms with Crippen LogP contribution in [-0.2, 0) is 11.8 Å². The van der Waals surface area contributed by atoms with E-state index in [0.29, 0.717) is 11.3 Å². The molecule has 33 heavy (non-hydrogen) atoms. The number of rotatable bonds is 4. The number of benzene rings is 1. The number of nitrogens with one attached hydrogen (secondary N) is 3. The van der Waals surface area contributed by atoms with Crippen molar-refractivity contribution in [2.45, 2.75) is 38.1 Å². The zero-order valence-electron chi connectivity index (χ0n) is 18.1. The van der Waals surface area contributed by atoms with Crippen LogP contribution < -0.4 is 16.5 Å². The van der Waals surface area contributed by atoms with Crippen molar-refractivity contribution in [2.24, 2.45) is 23.8 Å². The molecule has 3 aromatic rings. The summed E-state index contributed by atoms with van der Waals surface area (Å²) in [5.74, 6) is -0.350. The topological polar surface area (TPSA) is 130 Å². The van der Waals surface area contributed by atoms with Gasteiger partial charge in [0, 0.05) is 41.0 Å². The predicted molar refractivity (Wildman–Crippen MR) is 133 cm³/mol. The first kappa shape index (κ1) is 24.8. The van der Waals surface area contributed by atoms with Gasteiger partial charge in [0.05, 0.1) is 29.7 Å². The number of halogens is 2. The molecule has 2 aromatic heterocycles. The summed E-state index contributed by atoms with van der Waals surface area (Å²) in [5.41, 5.74) is 13.0. The van der Waals surface area contributed by atoms with Crippen LogP contribution in [-0.4, -0.2) is 38.8 Å². The van der Waals surface area contributed by atoms with Gasteiger partial charge in [-0.3, -0.25) is 14.3 Å². The number of nitrogens with two attached hydrogens (primary N) is 1. The molecule has 5 N–H and O–H groups in total. The molecule has 176 valence electrons. The van der Waals surface area contributed by atoms with Crippen molar-refractivity contribution in [1.82, 2.24) is 20.2 Å². The Morgan fingerprint density at radius 2 is 2.00 bits per heavy atom. The highest BCUT2D eigenvalue weighted by molar-refractivity contribution is 6.18. The molecule has 11 heteroatoms. The van der Waals surface area contributed by atoms with E-state index in [-0.39, 0.29) is 42.5 Å². The molecule has 1 atom stereocenters. The van der Waals surface area contributed by atoms with Gasteiger partial charge in [0.25, 0.3) is 5.91 Å². The highest BCUT2D eigenvalue weighted by atomic mass is 35.5. The number of amides is 2. The predicted octanol–water partition coefficient (Wildman–Crippen LogP) is 3.34. The minimum absolute atomic E-state index is 0. The van der Waals surface area contributed by atoms with Crippen molar-refractivity contribution in [3.8, 4) is 11.3 Å². The molecular weight excluding hydrogens is 465 g/mol. The van der Waals surface area contributed by atoms with E-state index in [4.69, 9.17) is 5.73 Å². The molecule has 1 aliphatic heterocycles. The lowest BCUT2D eigenvalue weighted by Crippen LogP contribution is -2.42. The van der Waals surface area contributed by atoms with Crippen molar-refractivity contribution >= 4 is 59.4 Å². The molecule has 0 unspecified atom stereocenters. The van der Waals surface area contributed by atoms with Crippen LogP contribution in [0.1, 0.15) is 48.0 Å². The Labute approximate surface area is 203 Å². The molecule has 2 amide bonds. The molecule has 1 aliphatic carbocycles. The normalized spacial score (nSPS) is 16.4. The van der Waals surface area contributed by atoms with Crippen LogP contribution in [0.5, 0.6) is 0 Å². The minimum Gasteiger partial charge on any atom is -0.354 e. The molecule has 2 aliphatic rings. The number of hydrogen-bond donors (Lipinski definition) is 4. The summed E-state index contributed by atoms with van der Waals surface area (Å²) in [7, 11) is 1.84. The first-order valence-corrected chi connectivity index (χ1v) is 10.6. The third kappa shape index (κ3) is 4.62. The smallest absolute Gasteiger partial charge is 0.272 e. The lowest BCUT2D eigenvalue weighted by atomic mass is 9.84. The van der Waals surface area contributed by atoms with Gasteiger partial charge in [-0.05, 0) is 30.9 Å². The van der Waals surface area contributed by atoms with Gasteiger partial charge in [-0.25, -0.2) is 5.43 Å². The third-order valence-electron chi connectivity index (χ3n) is 6.26. The van der Waals surface area contributed by atoms with Crippen LogP contribution in [0.4, 0.5) is 5.69 Å². The maximum absolute atomic E-state index is 12.8. The molecule has 0 bridgehead atoms. The Balaban J connectivity index is 0.00000153. The molecule has 1 saturated carbocycles. The van der Waals surface area contributed by atoms with Crippen molar-refractivity contribution in [2.75, 3.05) is 5.32 Å². The summed E-state index contributed by atoms with van der Waals surface area (Å²) in [6.45, 7) is 0. The van der Waals surface area contributed by atoms with Gasteiger partial charge in [0.15, 0.2) is 0 Å². The van der Waals surface area contributed by atoms with Gasteiger partial charge in [0.2, 0.25) is 5.91 Å². The summed E-state index contributed by atoms with van der Waals surface area (Å²) < 4.78 is 1.71. The monoisotopic (exact) mass is 491 g/mol. The van der Waals surface area contributed by atoms with E-state index in [1.165, 1.54) is 6.42 Å². The molecule has 3 heterocycles. The zero-order valence-corrected chi connectivity index (χ0v) is 19.8. The van der Waals surface area contributed by atoms with Crippen molar-refractivity contribution in [3.05, 3.63) is 35.7 Å². The highest BCUT2D eigenvalue weighted by Crippen LogP contribution is 2.34. The lowest BCUT2D eigenvalue weighted by molar-refractivity contribution is -0.118. The van der Waals surface area contributed by atoms with E-state index in [0.717, 1.165) is 53.4 Å². The van der Waals surface area contributed by atoms with Crippen molar-refractivity contribution < 1.29 is 9.59 Å². The van der Waals surface area contributed by atoms with E-state index in [2.05, 4.69) is 25.9 Å². The van der Waals surface area contributed by atoms with Crippen LogP contribution in [0.2, 0.25) is 0 Å². The lowest BCUT2D eigenvalue weighted by Gasteiger charge is -2.26. The number of carbonyl (C=O) groups excluding carboxylic acids is 2. The average Bonchev–Trinajstić information content (AvgIpc) is 3.31. The maximum Gasteiger partial charge on any atom is 0.272 e. The Morgan fingerprint density at radius 3 is 2.70 bits per heavy atom. The number of nitrogens with zero attached hydrogens (tertiary/aromatic N) is 3. The fraction of sp³-hybridized carbons (Fsp3) is 0.364. The number of anilines is 1. The second-order valence-corrected chi connectivity index (χ2v) is 8.37. The van der Waals surface area contributed by atoms with Gasteiger partial charge < -0.3 is 16.0 Å². The van der Waals surface area contributed by atoms with Crippen LogP contribution in [0.25, 0.3) is 22.2 Å². The molecule has 0 saturated heterocycles. The van der Waals surface area contributed by atoms with E-state index >= 15 is 0 Å². The fourth-order valence-corrected chi connectivity index (χ4v) is 4.66. The van der Waals surface area contributed by atoms with E-state index in [9.17, 15) is 9.59 Å². The van der Waals surface area contributed by atoms with E-state index < -0.39 is 6.04 Å². The molecule has 1 aromatic carbocycles. The van der Waals surface area contributed by atoms with Gasteiger partial charge in [0.1, 0.15) is 0 Å². The fourth-order valence-electron chi connectivity index (χ4n) is 4.66. The number of aromatic nitrogens is 3. The largest absolute Gasteiger partial charge is 0.354 e. The number of carbonyl (C=O) groups is 2. The Morgan fingerprint density at radius 1 is 1.24 bits per heavy atom. The van der Waals surface area contributed by atoms with Crippen LogP contribution in [0.3, 0.4) is 0 Å².